The van der Waals surface area contributed by atoms with E-state index in [-0.39, 0.29) is 30.5 Å². The quantitative estimate of drug-likeness (QED) is 0.570. The number of amides is 1. The van der Waals surface area contributed by atoms with Gasteiger partial charge < -0.3 is 14.7 Å². The molecule has 2 aromatic rings. The number of hydrogen-bond donors (Lipinski definition) is 1. The van der Waals surface area contributed by atoms with E-state index in [9.17, 15) is 32.7 Å². The molecule has 0 aromatic heterocycles. The zero-order chi connectivity index (χ0) is 21.8. The fourth-order valence-corrected chi connectivity index (χ4v) is 3.20. The minimum atomic E-state index is -1.21. The minimum absolute atomic E-state index is 0.0960. The molecule has 0 spiro atoms. The molecule has 1 saturated heterocycles. The third kappa shape index (κ3) is 4.85. The summed E-state index contributed by atoms with van der Waals surface area (Å²) in [6.45, 7) is -0.879. The van der Waals surface area contributed by atoms with Gasteiger partial charge in [-0.1, -0.05) is 18.2 Å². The Morgan fingerprint density at radius 2 is 1.77 bits per heavy atom. The van der Waals surface area contributed by atoms with Crippen molar-refractivity contribution in [1.29, 1.82) is 0 Å². The number of rotatable bonds is 6. The highest BCUT2D eigenvalue weighted by molar-refractivity contribution is 5.98. The molecule has 6 nitrogen and oxygen atoms in total. The molecule has 0 bridgehead atoms. The van der Waals surface area contributed by atoms with E-state index < -0.39 is 53.9 Å². The molecule has 1 amide bonds. The summed E-state index contributed by atoms with van der Waals surface area (Å²) in [5.74, 6) is -5.16. The lowest BCUT2D eigenvalue weighted by molar-refractivity contribution is -0.152. The van der Waals surface area contributed by atoms with Gasteiger partial charge in [0.05, 0.1) is 12.5 Å². The molecule has 0 saturated carbocycles. The second-order valence-electron chi connectivity index (χ2n) is 6.88. The molecule has 30 heavy (non-hydrogen) atoms. The van der Waals surface area contributed by atoms with Gasteiger partial charge >= 0.3 is 5.97 Å². The van der Waals surface area contributed by atoms with Crippen LogP contribution in [0.2, 0.25) is 0 Å². The smallest absolute Gasteiger partial charge is 0.329 e. The molecule has 2 aromatic carbocycles. The van der Waals surface area contributed by atoms with Crippen molar-refractivity contribution in [3.05, 3.63) is 71.0 Å². The van der Waals surface area contributed by atoms with Crippen LogP contribution in [0.25, 0.3) is 0 Å². The van der Waals surface area contributed by atoms with E-state index in [2.05, 4.69) is 0 Å². The number of halogens is 3. The van der Waals surface area contributed by atoms with Gasteiger partial charge in [0.15, 0.2) is 24.0 Å². The molecule has 2 atom stereocenters. The molecule has 3 rings (SSSR count). The molecule has 1 aliphatic rings. The zero-order valence-corrected chi connectivity index (χ0v) is 15.7. The topological polar surface area (TPSA) is 83.9 Å². The summed E-state index contributed by atoms with van der Waals surface area (Å²) >= 11 is 0. The van der Waals surface area contributed by atoms with E-state index in [4.69, 9.17) is 4.74 Å². The van der Waals surface area contributed by atoms with Crippen LogP contribution in [0.3, 0.4) is 0 Å². The number of carbonyl (C=O) groups excluding carboxylic acids is 3. The van der Waals surface area contributed by atoms with Gasteiger partial charge in [0.25, 0.3) is 0 Å². The van der Waals surface area contributed by atoms with Crippen LogP contribution in [0.4, 0.5) is 13.2 Å². The van der Waals surface area contributed by atoms with Crippen LogP contribution in [0, 0.1) is 17.5 Å². The molecule has 1 fully saturated rings. The van der Waals surface area contributed by atoms with Crippen LogP contribution in [-0.4, -0.2) is 53.0 Å². The summed E-state index contributed by atoms with van der Waals surface area (Å²) < 4.78 is 44.9. The van der Waals surface area contributed by atoms with Gasteiger partial charge in [-0.25, -0.2) is 18.0 Å². The van der Waals surface area contributed by atoms with E-state index in [1.807, 2.05) is 0 Å². The number of ether oxygens (including phenoxy) is 1. The van der Waals surface area contributed by atoms with Crippen molar-refractivity contribution >= 4 is 17.7 Å². The Bertz CT molecular complexity index is 981. The van der Waals surface area contributed by atoms with Gasteiger partial charge in [-0.2, -0.15) is 0 Å². The summed E-state index contributed by atoms with van der Waals surface area (Å²) in [4.78, 5) is 38.1. The van der Waals surface area contributed by atoms with Crippen LogP contribution in [-0.2, 0) is 20.7 Å². The Morgan fingerprint density at radius 3 is 2.47 bits per heavy atom. The van der Waals surface area contributed by atoms with Gasteiger partial charge in [0.2, 0.25) is 5.91 Å². The molecule has 1 aliphatic heterocycles. The molecule has 9 heteroatoms. The standard InChI is InChI=1S/C21H18F3NO5/c22-15-4-2-1-3-12(15)8-20(28)25-10-14(26)9-18(25)21(29)30-11-19(27)13-5-6-16(23)17(24)7-13/h1-7,14,18,26H,8-11H2. The van der Waals surface area contributed by atoms with Crippen LogP contribution in [0.1, 0.15) is 22.3 Å². The predicted octanol–water partition coefficient (Wildman–Crippen LogP) is 2.03. The van der Waals surface area contributed by atoms with E-state index >= 15 is 0 Å². The van der Waals surface area contributed by atoms with Gasteiger partial charge in [0.1, 0.15) is 11.9 Å². The molecule has 0 radical (unpaired) electrons. The Morgan fingerprint density at radius 1 is 1.03 bits per heavy atom. The average molecular weight is 421 g/mol. The number of carbonyl (C=O) groups is 3. The van der Waals surface area contributed by atoms with Crippen molar-refractivity contribution in [1.82, 2.24) is 4.90 Å². The maximum absolute atomic E-state index is 13.8. The van der Waals surface area contributed by atoms with Crippen LogP contribution in [0.15, 0.2) is 42.5 Å². The monoisotopic (exact) mass is 421 g/mol. The van der Waals surface area contributed by atoms with E-state index in [1.165, 1.54) is 18.2 Å². The largest absolute Gasteiger partial charge is 0.456 e. The number of esters is 1. The lowest BCUT2D eigenvalue weighted by atomic mass is 10.1. The predicted molar refractivity (Wildman–Crippen MR) is 97.9 cm³/mol. The minimum Gasteiger partial charge on any atom is -0.456 e. The Hall–Kier alpha value is -3.20. The second-order valence-corrected chi connectivity index (χ2v) is 6.88. The number of nitrogens with zero attached hydrogens (tertiary/aromatic N) is 1. The van der Waals surface area contributed by atoms with Crippen molar-refractivity contribution in [2.24, 2.45) is 0 Å². The van der Waals surface area contributed by atoms with Crippen molar-refractivity contribution in [3.8, 4) is 0 Å². The summed E-state index contributed by atoms with van der Waals surface area (Å²) in [5, 5.41) is 9.88. The van der Waals surface area contributed by atoms with E-state index in [1.54, 1.807) is 6.07 Å². The third-order valence-corrected chi connectivity index (χ3v) is 4.76. The SMILES string of the molecule is O=C(COC(=O)C1CC(O)CN1C(=O)Cc1ccccc1F)c1ccc(F)c(F)c1. The lowest BCUT2D eigenvalue weighted by Crippen LogP contribution is -2.42. The number of likely N-dealkylation sites (tertiary alicyclic amines) is 1. The van der Waals surface area contributed by atoms with Crippen molar-refractivity contribution in [3.63, 3.8) is 0 Å². The number of ketones is 1. The highest BCUT2D eigenvalue weighted by atomic mass is 19.2. The Labute approximate surface area is 169 Å². The normalized spacial score (nSPS) is 18.3. The molecule has 0 aliphatic carbocycles. The number of hydrogen-bond acceptors (Lipinski definition) is 5. The first-order valence-electron chi connectivity index (χ1n) is 9.12. The summed E-state index contributed by atoms with van der Waals surface area (Å²) in [7, 11) is 0. The maximum Gasteiger partial charge on any atom is 0.329 e. The summed E-state index contributed by atoms with van der Waals surface area (Å²) in [5.41, 5.74) is -0.0369. The van der Waals surface area contributed by atoms with Crippen molar-refractivity contribution in [2.75, 3.05) is 13.2 Å². The van der Waals surface area contributed by atoms with Gasteiger partial charge in [-0.05, 0) is 29.8 Å². The highest BCUT2D eigenvalue weighted by Gasteiger charge is 2.40. The number of benzene rings is 2. The van der Waals surface area contributed by atoms with E-state index in [0.29, 0.717) is 6.07 Å². The first kappa shape index (κ1) is 21.5. The Balaban J connectivity index is 1.63. The van der Waals surface area contributed by atoms with Gasteiger partial charge in [0, 0.05) is 18.5 Å². The van der Waals surface area contributed by atoms with Crippen LogP contribution >= 0.6 is 0 Å². The van der Waals surface area contributed by atoms with E-state index in [0.717, 1.165) is 17.0 Å². The molecular formula is C21H18F3NO5. The van der Waals surface area contributed by atoms with Crippen molar-refractivity contribution < 1.29 is 37.4 Å². The van der Waals surface area contributed by atoms with Crippen molar-refractivity contribution in [2.45, 2.75) is 25.0 Å². The van der Waals surface area contributed by atoms with Gasteiger partial charge in [-0.3, -0.25) is 9.59 Å². The molecule has 1 heterocycles. The zero-order valence-electron chi connectivity index (χ0n) is 15.7. The first-order valence-corrected chi connectivity index (χ1v) is 9.12. The first-order chi connectivity index (χ1) is 14.3. The molecule has 158 valence electrons. The van der Waals surface area contributed by atoms with Crippen LogP contribution < -0.4 is 0 Å². The Kier molecular flexibility index (Phi) is 6.51. The summed E-state index contributed by atoms with van der Waals surface area (Å²) in [6.07, 6.45) is -1.38. The third-order valence-electron chi connectivity index (χ3n) is 4.76. The maximum atomic E-state index is 13.8. The average Bonchev–Trinajstić information content (AvgIpc) is 3.11. The highest BCUT2D eigenvalue weighted by Crippen LogP contribution is 2.21. The number of Topliss-reactive ketones (excluding diaryl/α,β-unsaturated/α-hetero) is 1. The summed E-state index contributed by atoms with van der Waals surface area (Å²) in [6, 6.07) is 7.07. The second kappa shape index (κ2) is 9.08. The van der Waals surface area contributed by atoms with Crippen LogP contribution in [0.5, 0.6) is 0 Å². The molecule has 1 N–H and O–H groups in total. The number of β-amino-alcohol motifs (C(OH)–C–C–N with tert-alkyl or cyclic N) is 1. The lowest BCUT2D eigenvalue weighted by Gasteiger charge is -2.23. The molecular weight excluding hydrogens is 403 g/mol. The fraction of sp³-hybridized carbons (Fsp3) is 0.286. The van der Waals surface area contributed by atoms with Gasteiger partial charge in [-0.15, -0.1) is 0 Å². The number of aliphatic hydroxyl groups is 1. The number of aliphatic hydroxyl groups excluding tert-OH is 1. The fourth-order valence-electron chi connectivity index (χ4n) is 3.20. The molecule has 2 unspecified atom stereocenters.